The van der Waals surface area contributed by atoms with Gasteiger partial charge in [-0.3, -0.25) is 4.79 Å². The molecule has 5 nitrogen and oxygen atoms in total. The van der Waals surface area contributed by atoms with Gasteiger partial charge in [-0.15, -0.1) is 0 Å². The first-order chi connectivity index (χ1) is 9.08. The van der Waals surface area contributed by atoms with Crippen molar-refractivity contribution in [2.45, 2.75) is 31.8 Å². The lowest BCUT2D eigenvalue weighted by Gasteiger charge is -2.15. The minimum atomic E-state index is -0.967. The minimum absolute atomic E-state index is 0.0364. The van der Waals surface area contributed by atoms with Crippen molar-refractivity contribution in [3.63, 3.8) is 0 Å². The SMILES string of the molecule is NC1CCCC1C(=O)NCc1cccc(C(=O)O)c1. The number of nitrogens with one attached hydrogen (secondary N) is 1. The van der Waals surface area contributed by atoms with Crippen LogP contribution in [0, 0.1) is 5.92 Å². The molecule has 19 heavy (non-hydrogen) atoms. The second-order valence-corrected chi connectivity index (χ2v) is 4.92. The molecular weight excluding hydrogens is 244 g/mol. The first-order valence-corrected chi connectivity index (χ1v) is 6.43. The molecule has 0 bridgehead atoms. The molecule has 5 heteroatoms. The molecule has 1 aromatic carbocycles. The summed E-state index contributed by atoms with van der Waals surface area (Å²) >= 11 is 0. The fourth-order valence-corrected chi connectivity index (χ4v) is 2.45. The number of carbonyl (C=O) groups excluding carboxylic acids is 1. The van der Waals surface area contributed by atoms with Crippen LogP contribution in [0.15, 0.2) is 24.3 Å². The first-order valence-electron chi connectivity index (χ1n) is 6.43. The number of rotatable bonds is 4. The second-order valence-electron chi connectivity index (χ2n) is 4.92. The lowest BCUT2D eigenvalue weighted by atomic mass is 10.0. The van der Waals surface area contributed by atoms with Gasteiger partial charge in [0.05, 0.1) is 11.5 Å². The molecule has 1 aliphatic carbocycles. The third kappa shape index (κ3) is 3.32. The molecule has 102 valence electrons. The number of benzene rings is 1. The standard InChI is InChI=1S/C14H18N2O3/c15-12-6-2-5-11(12)13(17)16-8-9-3-1-4-10(7-9)14(18)19/h1,3-4,7,11-12H,2,5-6,8,15H2,(H,16,17)(H,18,19). The van der Waals surface area contributed by atoms with Gasteiger partial charge in [-0.05, 0) is 30.5 Å². The summed E-state index contributed by atoms with van der Waals surface area (Å²) < 4.78 is 0. The summed E-state index contributed by atoms with van der Waals surface area (Å²) in [6.45, 7) is 0.336. The van der Waals surface area contributed by atoms with Crippen molar-refractivity contribution in [1.29, 1.82) is 0 Å². The zero-order chi connectivity index (χ0) is 13.8. The van der Waals surface area contributed by atoms with E-state index in [0.29, 0.717) is 6.54 Å². The summed E-state index contributed by atoms with van der Waals surface area (Å²) in [5.74, 6) is -1.11. The molecule has 1 aromatic rings. The summed E-state index contributed by atoms with van der Waals surface area (Å²) in [5, 5.41) is 11.7. The molecular formula is C14H18N2O3. The van der Waals surface area contributed by atoms with E-state index in [0.717, 1.165) is 24.8 Å². The number of aromatic carboxylic acids is 1. The normalized spacial score (nSPS) is 22.2. The van der Waals surface area contributed by atoms with Gasteiger partial charge < -0.3 is 16.2 Å². The van der Waals surface area contributed by atoms with Crippen LogP contribution in [0.1, 0.15) is 35.2 Å². The van der Waals surface area contributed by atoms with E-state index in [2.05, 4.69) is 5.32 Å². The quantitative estimate of drug-likeness (QED) is 0.758. The average molecular weight is 262 g/mol. The number of amides is 1. The van der Waals surface area contributed by atoms with Crippen molar-refractivity contribution >= 4 is 11.9 Å². The fraction of sp³-hybridized carbons (Fsp3) is 0.429. The Labute approximate surface area is 111 Å². The summed E-state index contributed by atoms with van der Waals surface area (Å²) in [7, 11) is 0. The number of nitrogens with two attached hydrogens (primary N) is 1. The minimum Gasteiger partial charge on any atom is -0.478 e. The van der Waals surface area contributed by atoms with Gasteiger partial charge in [0.15, 0.2) is 0 Å². The number of hydrogen-bond acceptors (Lipinski definition) is 3. The van der Waals surface area contributed by atoms with Crippen LogP contribution in [-0.4, -0.2) is 23.0 Å². The van der Waals surface area contributed by atoms with E-state index in [-0.39, 0.29) is 23.4 Å². The Bertz CT molecular complexity index is 487. The van der Waals surface area contributed by atoms with Crippen molar-refractivity contribution in [3.05, 3.63) is 35.4 Å². The highest BCUT2D eigenvalue weighted by molar-refractivity contribution is 5.87. The highest BCUT2D eigenvalue weighted by atomic mass is 16.4. The van der Waals surface area contributed by atoms with Gasteiger partial charge in [0.1, 0.15) is 0 Å². The van der Waals surface area contributed by atoms with Crippen LogP contribution in [0.25, 0.3) is 0 Å². The van der Waals surface area contributed by atoms with E-state index in [1.54, 1.807) is 18.2 Å². The molecule has 1 saturated carbocycles. The number of carbonyl (C=O) groups is 2. The van der Waals surface area contributed by atoms with Gasteiger partial charge in [-0.1, -0.05) is 18.6 Å². The van der Waals surface area contributed by atoms with E-state index in [1.807, 2.05) is 0 Å². The van der Waals surface area contributed by atoms with E-state index in [9.17, 15) is 9.59 Å². The Morgan fingerprint density at radius 1 is 1.37 bits per heavy atom. The molecule has 0 aromatic heterocycles. The molecule has 0 radical (unpaired) electrons. The predicted octanol–water partition coefficient (Wildman–Crippen LogP) is 1.13. The number of hydrogen-bond donors (Lipinski definition) is 3. The van der Waals surface area contributed by atoms with Crippen molar-refractivity contribution < 1.29 is 14.7 Å². The third-order valence-corrected chi connectivity index (χ3v) is 3.55. The maximum Gasteiger partial charge on any atom is 0.335 e. The van der Waals surface area contributed by atoms with Crippen LogP contribution >= 0.6 is 0 Å². The van der Waals surface area contributed by atoms with Crippen molar-refractivity contribution in [2.24, 2.45) is 11.7 Å². The number of carboxylic acid groups (broad SMARTS) is 1. The molecule has 0 saturated heterocycles. The van der Waals surface area contributed by atoms with Crippen molar-refractivity contribution in [1.82, 2.24) is 5.32 Å². The zero-order valence-corrected chi connectivity index (χ0v) is 10.6. The zero-order valence-electron chi connectivity index (χ0n) is 10.6. The largest absolute Gasteiger partial charge is 0.478 e. The van der Waals surface area contributed by atoms with E-state index >= 15 is 0 Å². The maximum absolute atomic E-state index is 11.9. The van der Waals surface area contributed by atoms with Gasteiger partial charge in [0.2, 0.25) is 5.91 Å². The monoisotopic (exact) mass is 262 g/mol. The lowest BCUT2D eigenvalue weighted by molar-refractivity contribution is -0.125. The topological polar surface area (TPSA) is 92.4 Å². The van der Waals surface area contributed by atoms with Gasteiger partial charge in [0, 0.05) is 12.6 Å². The first kappa shape index (κ1) is 13.5. The average Bonchev–Trinajstić information content (AvgIpc) is 2.82. The molecule has 1 aliphatic rings. The van der Waals surface area contributed by atoms with Crippen LogP contribution in [0.3, 0.4) is 0 Å². The van der Waals surface area contributed by atoms with Crippen LogP contribution in [0.5, 0.6) is 0 Å². The number of carboxylic acids is 1. The van der Waals surface area contributed by atoms with Crippen molar-refractivity contribution in [3.8, 4) is 0 Å². The molecule has 1 amide bonds. The third-order valence-electron chi connectivity index (χ3n) is 3.55. The lowest BCUT2D eigenvalue weighted by Crippen LogP contribution is -2.38. The van der Waals surface area contributed by atoms with E-state index in [1.165, 1.54) is 6.07 Å². The fourth-order valence-electron chi connectivity index (χ4n) is 2.45. The highest BCUT2D eigenvalue weighted by Crippen LogP contribution is 2.24. The predicted molar refractivity (Wildman–Crippen MR) is 70.6 cm³/mol. The Hall–Kier alpha value is -1.88. The molecule has 0 spiro atoms. The van der Waals surface area contributed by atoms with Gasteiger partial charge in [0.25, 0.3) is 0 Å². The smallest absolute Gasteiger partial charge is 0.335 e. The molecule has 2 atom stereocenters. The van der Waals surface area contributed by atoms with Crippen LogP contribution in [0.4, 0.5) is 0 Å². The Kier molecular flexibility index (Phi) is 4.16. The van der Waals surface area contributed by atoms with E-state index in [4.69, 9.17) is 10.8 Å². The Balaban J connectivity index is 1.93. The van der Waals surface area contributed by atoms with Gasteiger partial charge in [-0.25, -0.2) is 4.79 Å². The summed E-state index contributed by atoms with van der Waals surface area (Å²) in [6, 6.07) is 6.51. The van der Waals surface area contributed by atoms with Gasteiger partial charge in [-0.2, -0.15) is 0 Å². The second kappa shape index (κ2) is 5.84. The molecule has 2 unspecified atom stereocenters. The summed E-state index contributed by atoms with van der Waals surface area (Å²) in [6.07, 6.45) is 2.72. The van der Waals surface area contributed by atoms with Crippen LogP contribution in [0.2, 0.25) is 0 Å². The molecule has 4 N–H and O–H groups in total. The van der Waals surface area contributed by atoms with Crippen molar-refractivity contribution in [2.75, 3.05) is 0 Å². The van der Waals surface area contributed by atoms with Gasteiger partial charge >= 0.3 is 5.97 Å². The molecule has 2 rings (SSSR count). The Morgan fingerprint density at radius 3 is 2.79 bits per heavy atom. The van der Waals surface area contributed by atoms with Crippen LogP contribution in [-0.2, 0) is 11.3 Å². The summed E-state index contributed by atoms with van der Waals surface area (Å²) in [4.78, 5) is 22.8. The summed E-state index contributed by atoms with van der Waals surface area (Å²) in [5.41, 5.74) is 6.88. The van der Waals surface area contributed by atoms with Crippen LogP contribution < -0.4 is 11.1 Å². The maximum atomic E-state index is 11.9. The molecule has 0 heterocycles. The highest BCUT2D eigenvalue weighted by Gasteiger charge is 2.29. The molecule has 0 aliphatic heterocycles. The van der Waals surface area contributed by atoms with E-state index < -0.39 is 5.97 Å². The Morgan fingerprint density at radius 2 is 2.16 bits per heavy atom. The molecule has 1 fully saturated rings.